The summed E-state index contributed by atoms with van der Waals surface area (Å²) in [4.78, 5) is 28.0. The number of benzene rings is 1. The monoisotopic (exact) mass is 429 g/mol. The number of anilines is 1. The van der Waals surface area contributed by atoms with Gasteiger partial charge >= 0.3 is 18.4 Å². The minimum atomic E-state index is -4.54. The van der Waals surface area contributed by atoms with Crippen molar-refractivity contribution in [2.75, 3.05) is 25.0 Å². The van der Waals surface area contributed by atoms with Crippen LogP contribution in [0.1, 0.15) is 18.5 Å². The van der Waals surface area contributed by atoms with Gasteiger partial charge < -0.3 is 14.7 Å². The molecular weight excluding hydrogens is 411 g/mol. The number of halogens is 3. The van der Waals surface area contributed by atoms with Crippen LogP contribution in [0.25, 0.3) is 10.6 Å². The summed E-state index contributed by atoms with van der Waals surface area (Å²) in [5.74, 6) is 0.0555. The molecule has 1 aliphatic rings. The Morgan fingerprint density at radius 3 is 2.59 bits per heavy atom. The largest absolute Gasteiger partial charge is 0.465 e. The molecule has 156 valence electrons. The first kappa shape index (κ1) is 20.9. The van der Waals surface area contributed by atoms with E-state index in [0.717, 1.165) is 16.7 Å². The maximum absolute atomic E-state index is 12.8. The van der Waals surface area contributed by atoms with Crippen LogP contribution >= 0.6 is 11.3 Å². The summed E-state index contributed by atoms with van der Waals surface area (Å²) >= 11 is 0.834. The number of hydrogen-bond acceptors (Lipinski definition) is 5. The minimum absolute atomic E-state index is 0.0555. The number of rotatable bonds is 4. The third-order valence-corrected chi connectivity index (χ3v) is 5.40. The fourth-order valence-corrected chi connectivity index (χ4v) is 3.80. The Kier molecular flexibility index (Phi) is 6.26. The van der Waals surface area contributed by atoms with Crippen molar-refractivity contribution in [2.45, 2.75) is 19.0 Å². The summed E-state index contributed by atoms with van der Waals surface area (Å²) < 4.78 is 43.6. The number of aromatic nitrogens is 1. The van der Waals surface area contributed by atoms with E-state index in [1.807, 2.05) is 0 Å². The average Bonchev–Trinajstić information content (AvgIpc) is 3.18. The molecule has 2 N–H and O–H groups in total. The molecule has 1 aliphatic heterocycles. The number of nitrogens with zero attached hydrogens (tertiary/aromatic N) is 2. The molecular formula is C18H18F3N3O4S. The van der Waals surface area contributed by atoms with Gasteiger partial charge in [0.2, 0.25) is 0 Å². The summed E-state index contributed by atoms with van der Waals surface area (Å²) in [6.07, 6.45) is -5.04. The second-order valence-electron chi connectivity index (χ2n) is 6.52. The molecule has 0 unspecified atom stereocenters. The van der Waals surface area contributed by atoms with Crippen molar-refractivity contribution in [1.82, 2.24) is 9.88 Å². The van der Waals surface area contributed by atoms with Crippen LogP contribution in [0, 0.1) is 5.92 Å². The SMILES string of the molecule is O=C(Nc1ccccc1-c1nc(C(F)(F)F)cs1)OCC1CCN(C(=O)O)CC1. The van der Waals surface area contributed by atoms with E-state index < -0.39 is 24.1 Å². The number of alkyl halides is 3. The van der Waals surface area contributed by atoms with Crippen molar-refractivity contribution >= 4 is 29.2 Å². The quantitative estimate of drug-likeness (QED) is 0.731. The molecule has 29 heavy (non-hydrogen) atoms. The van der Waals surface area contributed by atoms with Crippen molar-refractivity contribution in [2.24, 2.45) is 5.92 Å². The molecule has 0 atom stereocenters. The van der Waals surface area contributed by atoms with Gasteiger partial charge in [-0.1, -0.05) is 12.1 Å². The Morgan fingerprint density at radius 1 is 1.28 bits per heavy atom. The Balaban J connectivity index is 1.59. The molecule has 2 aromatic rings. The Labute approximate surface area is 168 Å². The van der Waals surface area contributed by atoms with Crippen molar-refractivity contribution in [1.29, 1.82) is 0 Å². The highest BCUT2D eigenvalue weighted by molar-refractivity contribution is 7.13. The zero-order valence-corrected chi connectivity index (χ0v) is 15.9. The van der Waals surface area contributed by atoms with Gasteiger partial charge in [-0.2, -0.15) is 13.2 Å². The van der Waals surface area contributed by atoms with Gasteiger partial charge in [0.1, 0.15) is 5.01 Å². The summed E-state index contributed by atoms with van der Waals surface area (Å²) in [5.41, 5.74) is -0.330. The van der Waals surface area contributed by atoms with Gasteiger partial charge in [-0.05, 0) is 30.9 Å². The van der Waals surface area contributed by atoms with Gasteiger partial charge in [0.15, 0.2) is 5.69 Å². The topological polar surface area (TPSA) is 91.8 Å². The molecule has 0 spiro atoms. The van der Waals surface area contributed by atoms with E-state index in [1.165, 1.54) is 4.90 Å². The number of hydrogen-bond donors (Lipinski definition) is 2. The standard InChI is InChI=1S/C18H18F3N3O4S/c19-18(20,21)14-10-29-15(23-14)12-3-1-2-4-13(12)22-16(25)28-9-11-5-7-24(8-6-11)17(26)27/h1-4,10-11H,5-9H2,(H,22,25)(H,26,27). The first-order chi connectivity index (χ1) is 13.7. The first-order valence-electron chi connectivity index (χ1n) is 8.78. The highest BCUT2D eigenvalue weighted by Gasteiger charge is 2.34. The van der Waals surface area contributed by atoms with Crippen LogP contribution in [-0.2, 0) is 10.9 Å². The number of carbonyl (C=O) groups is 2. The van der Waals surface area contributed by atoms with Crippen molar-refractivity contribution in [3.63, 3.8) is 0 Å². The van der Waals surface area contributed by atoms with E-state index in [4.69, 9.17) is 9.84 Å². The summed E-state index contributed by atoms with van der Waals surface area (Å²) in [5, 5.41) is 12.5. The predicted octanol–water partition coefficient (Wildman–Crippen LogP) is 4.77. The molecule has 0 aliphatic carbocycles. The molecule has 0 radical (unpaired) electrons. The highest BCUT2D eigenvalue weighted by Crippen LogP contribution is 2.36. The lowest BCUT2D eigenvalue weighted by Gasteiger charge is -2.29. The van der Waals surface area contributed by atoms with Gasteiger partial charge in [-0.25, -0.2) is 14.6 Å². The lowest BCUT2D eigenvalue weighted by molar-refractivity contribution is -0.140. The normalized spacial score (nSPS) is 15.2. The number of carboxylic acid groups (broad SMARTS) is 1. The number of carbonyl (C=O) groups excluding carboxylic acids is 1. The molecule has 7 nitrogen and oxygen atoms in total. The molecule has 3 rings (SSSR count). The van der Waals surface area contributed by atoms with Crippen LogP contribution in [0.3, 0.4) is 0 Å². The lowest BCUT2D eigenvalue weighted by atomic mass is 9.98. The molecule has 0 bridgehead atoms. The molecule has 1 aromatic carbocycles. The Bertz CT molecular complexity index is 879. The van der Waals surface area contributed by atoms with Gasteiger partial charge in [0.25, 0.3) is 0 Å². The third-order valence-electron chi connectivity index (χ3n) is 4.52. The number of amides is 2. The van der Waals surface area contributed by atoms with Crippen LogP contribution in [0.4, 0.5) is 28.4 Å². The fraction of sp³-hybridized carbons (Fsp3) is 0.389. The third kappa shape index (κ3) is 5.37. The van der Waals surface area contributed by atoms with E-state index in [-0.39, 0.29) is 17.5 Å². The zero-order valence-electron chi connectivity index (χ0n) is 15.1. The van der Waals surface area contributed by atoms with Crippen LogP contribution in [-0.4, -0.2) is 46.9 Å². The van der Waals surface area contributed by atoms with Crippen LogP contribution in [0.15, 0.2) is 29.6 Å². The minimum Gasteiger partial charge on any atom is -0.465 e. The lowest BCUT2D eigenvalue weighted by Crippen LogP contribution is -2.38. The summed E-state index contributed by atoms with van der Waals surface area (Å²) in [7, 11) is 0. The van der Waals surface area contributed by atoms with Gasteiger partial charge in [-0.15, -0.1) is 11.3 Å². The second-order valence-corrected chi connectivity index (χ2v) is 7.38. The van der Waals surface area contributed by atoms with E-state index in [1.54, 1.807) is 24.3 Å². The van der Waals surface area contributed by atoms with Crippen molar-refractivity contribution in [3.05, 3.63) is 35.3 Å². The Morgan fingerprint density at radius 2 is 1.97 bits per heavy atom. The predicted molar refractivity (Wildman–Crippen MR) is 99.8 cm³/mol. The number of likely N-dealkylation sites (tertiary alicyclic amines) is 1. The van der Waals surface area contributed by atoms with Crippen molar-refractivity contribution < 1.29 is 32.6 Å². The molecule has 11 heteroatoms. The molecule has 1 aromatic heterocycles. The first-order valence-corrected chi connectivity index (χ1v) is 9.66. The number of piperidine rings is 1. The summed E-state index contributed by atoms with van der Waals surface area (Å²) in [6.45, 7) is 0.912. The van der Waals surface area contributed by atoms with Crippen LogP contribution < -0.4 is 5.32 Å². The van der Waals surface area contributed by atoms with E-state index >= 15 is 0 Å². The van der Waals surface area contributed by atoms with E-state index in [0.29, 0.717) is 37.2 Å². The number of para-hydroxylation sites is 1. The molecule has 2 amide bonds. The number of thiazole rings is 1. The molecule has 1 fully saturated rings. The molecule has 2 heterocycles. The number of nitrogens with one attached hydrogen (secondary N) is 1. The van der Waals surface area contributed by atoms with E-state index in [9.17, 15) is 22.8 Å². The van der Waals surface area contributed by atoms with Crippen LogP contribution in [0.2, 0.25) is 0 Å². The fourth-order valence-electron chi connectivity index (χ4n) is 2.94. The van der Waals surface area contributed by atoms with Gasteiger partial charge in [-0.3, -0.25) is 5.32 Å². The van der Waals surface area contributed by atoms with Crippen molar-refractivity contribution in [3.8, 4) is 10.6 Å². The van der Waals surface area contributed by atoms with Gasteiger partial charge in [0.05, 0.1) is 12.3 Å². The van der Waals surface area contributed by atoms with E-state index in [2.05, 4.69) is 10.3 Å². The average molecular weight is 429 g/mol. The molecule has 1 saturated heterocycles. The second kappa shape index (κ2) is 8.68. The summed E-state index contributed by atoms with van der Waals surface area (Å²) in [6, 6.07) is 6.39. The highest BCUT2D eigenvalue weighted by atomic mass is 32.1. The smallest absolute Gasteiger partial charge is 0.434 e. The maximum atomic E-state index is 12.8. The van der Waals surface area contributed by atoms with Gasteiger partial charge in [0, 0.05) is 24.0 Å². The van der Waals surface area contributed by atoms with Crippen LogP contribution in [0.5, 0.6) is 0 Å². The Hall–Kier alpha value is -2.82. The molecule has 0 saturated carbocycles. The maximum Gasteiger partial charge on any atom is 0.434 e. The zero-order chi connectivity index (χ0) is 21.0. The number of ether oxygens (including phenoxy) is 1.